The van der Waals surface area contributed by atoms with Crippen LogP contribution in [0.3, 0.4) is 0 Å². The number of nitrogens with zero attached hydrogens (tertiary/aromatic N) is 2. The van der Waals surface area contributed by atoms with Crippen molar-refractivity contribution in [3.8, 4) is 0 Å². The first kappa shape index (κ1) is 16.0. The Morgan fingerprint density at radius 3 is 2.80 bits per heavy atom. The Hall–Kier alpha value is -0.410. The van der Waals surface area contributed by atoms with Gasteiger partial charge in [-0.15, -0.1) is 11.3 Å². The van der Waals surface area contributed by atoms with Crippen LogP contribution >= 0.6 is 38.9 Å². The molecule has 9 heteroatoms. The molecule has 110 valence electrons. The minimum atomic E-state index is -3.41. The maximum atomic E-state index is 12.0. The quantitative estimate of drug-likeness (QED) is 0.761. The summed E-state index contributed by atoms with van der Waals surface area (Å²) in [7, 11) is -3.41. The van der Waals surface area contributed by atoms with Gasteiger partial charge >= 0.3 is 0 Å². The predicted molar refractivity (Wildman–Crippen MR) is 83.8 cm³/mol. The highest BCUT2D eigenvalue weighted by atomic mass is 79.9. The largest absolute Gasteiger partial charge is 0.271 e. The van der Waals surface area contributed by atoms with E-state index in [0.29, 0.717) is 28.7 Å². The molecule has 2 heterocycles. The summed E-state index contributed by atoms with van der Waals surface area (Å²) in [6.07, 6.45) is 2.38. The van der Waals surface area contributed by atoms with Gasteiger partial charge in [0, 0.05) is 19.3 Å². The fraction of sp³-hybridized carbons (Fsp3) is 0.364. The third-order valence-corrected chi connectivity index (χ3v) is 6.50. The normalized spacial score (nSPS) is 11.9. The number of rotatable bonds is 6. The summed E-state index contributed by atoms with van der Waals surface area (Å²) in [5, 5.41) is 4.83. The van der Waals surface area contributed by atoms with E-state index in [1.807, 2.05) is 6.92 Å². The summed E-state index contributed by atoms with van der Waals surface area (Å²) in [5.74, 6) is 0. The molecule has 0 aliphatic carbocycles. The van der Waals surface area contributed by atoms with Crippen LogP contribution in [0, 0.1) is 6.92 Å². The molecule has 0 aromatic carbocycles. The molecule has 0 amide bonds. The summed E-state index contributed by atoms with van der Waals surface area (Å²) in [6.45, 7) is 2.80. The third kappa shape index (κ3) is 4.05. The molecule has 20 heavy (non-hydrogen) atoms. The molecule has 2 rings (SSSR count). The van der Waals surface area contributed by atoms with E-state index >= 15 is 0 Å². The van der Waals surface area contributed by atoms with E-state index in [1.54, 1.807) is 23.0 Å². The Kier molecular flexibility index (Phi) is 5.25. The average Bonchev–Trinajstić information content (AvgIpc) is 2.93. The van der Waals surface area contributed by atoms with Crippen molar-refractivity contribution < 1.29 is 8.42 Å². The summed E-state index contributed by atoms with van der Waals surface area (Å²) < 4.78 is 29.3. The Morgan fingerprint density at radius 1 is 1.50 bits per heavy atom. The second-order valence-electron chi connectivity index (χ2n) is 4.14. The first-order valence-electron chi connectivity index (χ1n) is 5.83. The van der Waals surface area contributed by atoms with E-state index in [9.17, 15) is 8.42 Å². The standard InChI is InChI=1S/C11H13BrClN3O2S2/c1-8-9(13)7-16(15-8)6-2-5-14-20(17,18)11-4-3-10(12)19-11/h3-4,7,14H,2,5-6H2,1H3. The Balaban J connectivity index is 1.84. The Morgan fingerprint density at radius 2 is 2.25 bits per heavy atom. The van der Waals surface area contributed by atoms with Crippen LogP contribution in [0.2, 0.25) is 5.02 Å². The number of sulfonamides is 1. The van der Waals surface area contributed by atoms with Gasteiger partial charge in [-0.3, -0.25) is 4.68 Å². The number of nitrogens with one attached hydrogen (secondary N) is 1. The molecule has 0 spiro atoms. The lowest BCUT2D eigenvalue weighted by atomic mass is 10.4. The van der Waals surface area contributed by atoms with Crippen molar-refractivity contribution in [1.82, 2.24) is 14.5 Å². The predicted octanol–water partition coefficient (Wildman–Crippen LogP) is 3.04. The average molecular weight is 399 g/mol. The highest BCUT2D eigenvalue weighted by Gasteiger charge is 2.15. The highest BCUT2D eigenvalue weighted by Crippen LogP contribution is 2.25. The van der Waals surface area contributed by atoms with Gasteiger partial charge in [-0.1, -0.05) is 11.6 Å². The number of thiophene rings is 1. The molecule has 5 nitrogen and oxygen atoms in total. The van der Waals surface area contributed by atoms with Crippen LogP contribution in [0.4, 0.5) is 0 Å². The second kappa shape index (κ2) is 6.57. The monoisotopic (exact) mass is 397 g/mol. The van der Waals surface area contributed by atoms with Crippen LogP contribution < -0.4 is 4.72 Å². The van der Waals surface area contributed by atoms with Crippen molar-refractivity contribution >= 4 is 48.9 Å². The highest BCUT2D eigenvalue weighted by molar-refractivity contribution is 9.11. The summed E-state index contributed by atoms with van der Waals surface area (Å²) in [6, 6.07) is 3.29. The molecular weight excluding hydrogens is 386 g/mol. The number of halogens is 2. The van der Waals surface area contributed by atoms with Crippen molar-refractivity contribution in [3.63, 3.8) is 0 Å². The lowest BCUT2D eigenvalue weighted by Crippen LogP contribution is -2.24. The van der Waals surface area contributed by atoms with Crippen LogP contribution in [-0.4, -0.2) is 24.7 Å². The summed E-state index contributed by atoms with van der Waals surface area (Å²) in [4.78, 5) is 0. The molecule has 0 unspecified atom stereocenters. The van der Waals surface area contributed by atoms with Gasteiger partial charge in [-0.25, -0.2) is 13.1 Å². The smallest absolute Gasteiger partial charge is 0.250 e. The summed E-state index contributed by atoms with van der Waals surface area (Å²) in [5.41, 5.74) is 0.774. The molecule has 0 fully saturated rings. The van der Waals surface area contributed by atoms with Crippen LogP contribution in [0.1, 0.15) is 12.1 Å². The van der Waals surface area contributed by atoms with Crippen LogP contribution in [0.15, 0.2) is 26.3 Å². The minimum Gasteiger partial charge on any atom is -0.271 e. The van der Waals surface area contributed by atoms with E-state index in [0.717, 1.165) is 9.48 Å². The maximum absolute atomic E-state index is 12.0. The Labute approximate surface area is 135 Å². The SMILES string of the molecule is Cc1nn(CCCNS(=O)(=O)c2ccc(Br)s2)cc1Cl. The topological polar surface area (TPSA) is 64.0 Å². The number of aryl methyl sites for hydroxylation is 2. The lowest BCUT2D eigenvalue weighted by Gasteiger charge is -2.04. The van der Waals surface area contributed by atoms with Gasteiger partial charge in [0.15, 0.2) is 0 Å². The van der Waals surface area contributed by atoms with E-state index in [-0.39, 0.29) is 0 Å². The fourth-order valence-corrected chi connectivity index (χ4v) is 4.85. The molecule has 0 bridgehead atoms. The maximum Gasteiger partial charge on any atom is 0.250 e. The zero-order chi connectivity index (χ0) is 14.8. The van der Waals surface area contributed by atoms with E-state index in [1.165, 1.54) is 11.3 Å². The Bertz CT molecular complexity index is 677. The van der Waals surface area contributed by atoms with Gasteiger partial charge in [0.1, 0.15) is 4.21 Å². The van der Waals surface area contributed by atoms with Gasteiger partial charge in [0.2, 0.25) is 10.0 Å². The molecule has 0 saturated carbocycles. The van der Waals surface area contributed by atoms with Gasteiger partial charge < -0.3 is 0 Å². The summed E-state index contributed by atoms with van der Waals surface area (Å²) >= 11 is 10.3. The van der Waals surface area contributed by atoms with Gasteiger partial charge in [-0.05, 0) is 41.4 Å². The van der Waals surface area contributed by atoms with Gasteiger partial charge in [-0.2, -0.15) is 5.10 Å². The van der Waals surface area contributed by atoms with Crippen molar-refractivity contribution in [2.45, 2.75) is 24.1 Å². The van der Waals surface area contributed by atoms with Crippen molar-refractivity contribution in [2.24, 2.45) is 0 Å². The zero-order valence-corrected chi connectivity index (χ0v) is 14.6. The first-order chi connectivity index (χ1) is 9.38. The van der Waals surface area contributed by atoms with Crippen molar-refractivity contribution in [3.05, 3.63) is 32.8 Å². The minimum absolute atomic E-state index is 0.308. The van der Waals surface area contributed by atoms with E-state index in [2.05, 4.69) is 25.8 Å². The van der Waals surface area contributed by atoms with Gasteiger partial charge in [0.25, 0.3) is 0 Å². The molecule has 0 aliphatic heterocycles. The van der Waals surface area contributed by atoms with Gasteiger partial charge in [0.05, 0.1) is 14.5 Å². The number of hydrogen-bond donors (Lipinski definition) is 1. The number of hydrogen-bond acceptors (Lipinski definition) is 4. The molecule has 0 aliphatic rings. The second-order valence-corrected chi connectivity index (χ2v) is 9.00. The molecule has 1 N–H and O–H groups in total. The van der Waals surface area contributed by atoms with E-state index in [4.69, 9.17) is 11.6 Å². The molecule has 0 saturated heterocycles. The van der Waals surface area contributed by atoms with E-state index < -0.39 is 10.0 Å². The third-order valence-electron chi connectivity index (χ3n) is 2.56. The molecule has 2 aromatic heterocycles. The lowest BCUT2D eigenvalue weighted by molar-refractivity contribution is 0.552. The first-order valence-corrected chi connectivity index (χ1v) is 9.30. The zero-order valence-electron chi connectivity index (χ0n) is 10.6. The molecular formula is C11H13BrClN3O2S2. The van der Waals surface area contributed by atoms with Crippen molar-refractivity contribution in [2.75, 3.05) is 6.54 Å². The van der Waals surface area contributed by atoms with Crippen LogP contribution in [0.5, 0.6) is 0 Å². The molecule has 0 atom stereocenters. The number of aromatic nitrogens is 2. The molecule has 2 aromatic rings. The van der Waals surface area contributed by atoms with Crippen LogP contribution in [0.25, 0.3) is 0 Å². The van der Waals surface area contributed by atoms with Crippen LogP contribution in [-0.2, 0) is 16.6 Å². The molecule has 0 radical (unpaired) electrons. The fourth-order valence-electron chi connectivity index (χ4n) is 1.57. The van der Waals surface area contributed by atoms with Crippen molar-refractivity contribution in [1.29, 1.82) is 0 Å².